The Labute approximate surface area is 132 Å². The van der Waals surface area contributed by atoms with E-state index in [1.165, 1.54) is 18.2 Å². The number of fused-ring (bicyclic) bond motifs is 1. The molecule has 4 heteroatoms. The minimum Gasteiger partial charge on any atom is -0.323 e. The molecule has 1 N–H and O–H groups in total. The van der Waals surface area contributed by atoms with E-state index >= 15 is 0 Å². The third-order valence-corrected chi connectivity index (χ3v) is 3.62. The normalized spacial score (nSPS) is 10.6. The van der Waals surface area contributed by atoms with Crippen LogP contribution in [0.25, 0.3) is 10.8 Å². The zero-order chi connectivity index (χ0) is 15.5. The lowest BCUT2D eigenvalue weighted by molar-refractivity contribution is -0.115. The van der Waals surface area contributed by atoms with E-state index in [9.17, 15) is 9.18 Å². The zero-order valence-electron chi connectivity index (χ0n) is 11.6. The van der Waals surface area contributed by atoms with Crippen molar-refractivity contribution in [3.8, 4) is 0 Å². The molecule has 0 atom stereocenters. The molecule has 0 aliphatic rings. The standard InChI is InChI=1S/C18H13ClFNO/c19-15-7-8-16(20)17(11-15)21-18(22)10-12-5-6-13-3-1-2-4-14(13)9-12/h1-9,11H,10H2,(H,21,22). The molecule has 0 saturated heterocycles. The second kappa shape index (κ2) is 6.16. The van der Waals surface area contributed by atoms with Gasteiger partial charge in [0.15, 0.2) is 0 Å². The molecule has 0 aromatic heterocycles. The van der Waals surface area contributed by atoms with E-state index in [2.05, 4.69) is 5.32 Å². The van der Waals surface area contributed by atoms with Crippen LogP contribution in [0, 0.1) is 5.82 Å². The lowest BCUT2D eigenvalue weighted by Crippen LogP contribution is -2.15. The molecule has 1 amide bonds. The van der Waals surface area contributed by atoms with Gasteiger partial charge in [0, 0.05) is 5.02 Å². The van der Waals surface area contributed by atoms with Crippen molar-refractivity contribution in [3.05, 3.63) is 77.1 Å². The first kappa shape index (κ1) is 14.5. The van der Waals surface area contributed by atoms with Gasteiger partial charge in [-0.05, 0) is 34.5 Å². The summed E-state index contributed by atoms with van der Waals surface area (Å²) in [6.45, 7) is 0. The fourth-order valence-corrected chi connectivity index (χ4v) is 2.49. The Balaban J connectivity index is 1.76. The maximum atomic E-state index is 13.6. The van der Waals surface area contributed by atoms with Gasteiger partial charge < -0.3 is 5.32 Å². The van der Waals surface area contributed by atoms with Gasteiger partial charge in [-0.1, -0.05) is 54.1 Å². The van der Waals surface area contributed by atoms with Gasteiger partial charge in [0.2, 0.25) is 5.91 Å². The highest BCUT2D eigenvalue weighted by molar-refractivity contribution is 6.30. The van der Waals surface area contributed by atoms with Crippen molar-refractivity contribution in [3.63, 3.8) is 0 Å². The van der Waals surface area contributed by atoms with Gasteiger partial charge >= 0.3 is 0 Å². The fourth-order valence-electron chi connectivity index (χ4n) is 2.32. The molecule has 0 spiro atoms. The molecule has 110 valence electrons. The molecule has 0 saturated carbocycles. The summed E-state index contributed by atoms with van der Waals surface area (Å²) in [4.78, 5) is 12.1. The van der Waals surface area contributed by atoms with Gasteiger partial charge in [-0.3, -0.25) is 4.79 Å². The van der Waals surface area contributed by atoms with Crippen molar-refractivity contribution in [1.82, 2.24) is 0 Å². The van der Waals surface area contributed by atoms with E-state index in [1.54, 1.807) is 0 Å². The van der Waals surface area contributed by atoms with Gasteiger partial charge in [-0.2, -0.15) is 0 Å². The van der Waals surface area contributed by atoms with Crippen molar-refractivity contribution >= 4 is 34.0 Å². The molecule has 0 unspecified atom stereocenters. The first-order valence-electron chi connectivity index (χ1n) is 6.84. The van der Waals surface area contributed by atoms with Crippen LogP contribution in [0.15, 0.2) is 60.7 Å². The van der Waals surface area contributed by atoms with Crippen molar-refractivity contribution < 1.29 is 9.18 Å². The topological polar surface area (TPSA) is 29.1 Å². The Kier molecular flexibility index (Phi) is 4.07. The van der Waals surface area contributed by atoms with E-state index in [4.69, 9.17) is 11.6 Å². The highest BCUT2D eigenvalue weighted by Crippen LogP contribution is 2.20. The van der Waals surface area contributed by atoms with Crippen LogP contribution in [-0.2, 0) is 11.2 Å². The predicted octanol–water partition coefficient (Wildman–Crippen LogP) is 4.81. The number of carbonyl (C=O) groups excluding carboxylic acids is 1. The predicted molar refractivity (Wildman–Crippen MR) is 87.7 cm³/mol. The van der Waals surface area contributed by atoms with E-state index in [0.717, 1.165) is 16.3 Å². The summed E-state index contributed by atoms with van der Waals surface area (Å²) in [6, 6.07) is 17.8. The average Bonchev–Trinajstić information content (AvgIpc) is 2.51. The molecular weight excluding hydrogens is 301 g/mol. The molecule has 22 heavy (non-hydrogen) atoms. The zero-order valence-corrected chi connectivity index (χ0v) is 12.4. The van der Waals surface area contributed by atoms with Crippen molar-refractivity contribution in [2.45, 2.75) is 6.42 Å². The van der Waals surface area contributed by atoms with Crippen LogP contribution in [-0.4, -0.2) is 5.91 Å². The van der Waals surface area contributed by atoms with Gasteiger partial charge in [0.25, 0.3) is 0 Å². The smallest absolute Gasteiger partial charge is 0.228 e. The van der Waals surface area contributed by atoms with Crippen LogP contribution in [0.3, 0.4) is 0 Å². The lowest BCUT2D eigenvalue weighted by atomic mass is 10.0. The SMILES string of the molecule is O=C(Cc1ccc2ccccc2c1)Nc1cc(Cl)ccc1F. The first-order chi connectivity index (χ1) is 10.6. The molecule has 3 rings (SSSR count). The Hall–Kier alpha value is -2.39. The van der Waals surface area contributed by atoms with Crippen molar-refractivity contribution in [2.75, 3.05) is 5.32 Å². The third-order valence-electron chi connectivity index (χ3n) is 3.38. The Morgan fingerprint density at radius 2 is 1.77 bits per heavy atom. The maximum Gasteiger partial charge on any atom is 0.228 e. The molecule has 0 radical (unpaired) electrons. The Morgan fingerprint density at radius 1 is 1.00 bits per heavy atom. The van der Waals surface area contributed by atoms with Gasteiger partial charge in [0.05, 0.1) is 12.1 Å². The highest BCUT2D eigenvalue weighted by atomic mass is 35.5. The number of rotatable bonds is 3. The molecule has 0 aliphatic heterocycles. The van der Waals surface area contributed by atoms with Crippen LogP contribution in [0.5, 0.6) is 0 Å². The molecule has 0 heterocycles. The summed E-state index contributed by atoms with van der Waals surface area (Å²) in [6.07, 6.45) is 0.177. The van der Waals surface area contributed by atoms with Gasteiger partial charge in [0.1, 0.15) is 5.82 Å². The summed E-state index contributed by atoms with van der Waals surface area (Å²) < 4.78 is 13.6. The quantitative estimate of drug-likeness (QED) is 0.738. The molecule has 0 bridgehead atoms. The molecule has 2 nitrogen and oxygen atoms in total. The minimum atomic E-state index is -0.503. The van der Waals surface area contributed by atoms with Crippen LogP contribution in [0.4, 0.5) is 10.1 Å². The number of hydrogen-bond donors (Lipinski definition) is 1. The van der Waals surface area contributed by atoms with E-state index in [1.807, 2.05) is 42.5 Å². The summed E-state index contributed by atoms with van der Waals surface area (Å²) in [7, 11) is 0. The number of carbonyl (C=O) groups is 1. The monoisotopic (exact) mass is 313 g/mol. The van der Waals surface area contributed by atoms with Crippen molar-refractivity contribution in [2.24, 2.45) is 0 Å². The second-order valence-electron chi connectivity index (χ2n) is 5.03. The van der Waals surface area contributed by atoms with Gasteiger partial charge in [-0.25, -0.2) is 4.39 Å². The second-order valence-corrected chi connectivity index (χ2v) is 5.47. The van der Waals surface area contributed by atoms with Crippen LogP contribution in [0.2, 0.25) is 5.02 Å². The Bertz CT molecular complexity index is 847. The minimum absolute atomic E-state index is 0.0956. The number of anilines is 1. The number of halogens is 2. The van der Waals surface area contributed by atoms with Gasteiger partial charge in [-0.15, -0.1) is 0 Å². The number of hydrogen-bond acceptors (Lipinski definition) is 1. The lowest BCUT2D eigenvalue weighted by Gasteiger charge is -2.08. The van der Waals surface area contributed by atoms with E-state index in [-0.39, 0.29) is 18.0 Å². The summed E-state index contributed by atoms with van der Waals surface area (Å²) in [5.41, 5.74) is 0.969. The molecule has 0 aliphatic carbocycles. The maximum absolute atomic E-state index is 13.6. The first-order valence-corrected chi connectivity index (χ1v) is 7.22. The molecule has 0 fully saturated rings. The fraction of sp³-hybridized carbons (Fsp3) is 0.0556. The number of benzene rings is 3. The number of amides is 1. The summed E-state index contributed by atoms with van der Waals surface area (Å²) in [5, 5.41) is 5.12. The van der Waals surface area contributed by atoms with Crippen LogP contribution in [0.1, 0.15) is 5.56 Å². The Morgan fingerprint density at radius 3 is 2.59 bits per heavy atom. The molecule has 3 aromatic carbocycles. The van der Waals surface area contributed by atoms with Crippen LogP contribution >= 0.6 is 11.6 Å². The van der Waals surface area contributed by atoms with E-state index < -0.39 is 5.82 Å². The molecular formula is C18H13ClFNO. The van der Waals surface area contributed by atoms with Crippen LogP contribution < -0.4 is 5.32 Å². The third kappa shape index (κ3) is 3.26. The largest absolute Gasteiger partial charge is 0.323 e. The summed E-state index contributed by atoms with van der Waals surface area (Å²) in [5.74, 6) is -0.785. The molecule has 3 aromatic rings. The highest BCUT2D eigenvalue weighted by Gasteiger charge is 2.09. The summed E-state index contributed by atoms with van der Waals surface area (Å²) >= 11 is 5.81. The van der Waals surface area contributed by atoms with E-state index in [0.29, 0.717) is 5.02 Å². The number of nitrogens with one attached hydrogen (secondary N) is 1. The average molecular weight is 314 g/mol. The van der Waals surface area contributed by atoms with Crippen molar-refractivity contribution in [1.29, 1.82) is 0 Å².